The summed E-state index contributed by atoms with van der Waals surface area (Å²) in [4.78, 5) is 21.2. The van der Waals surface area contributed by atoms with Crippen LogP contribution in [0.4, 0.5) is 0 Å². The van der Waals surface area contributed by atoms with E-state index in [2.05, 4.69) is 9.97 Å². The first kappa shape index (κ1) is 12.2. The van der Waals surface area contributed by atoms with Crippen molar-refractivity contribution in [3.8, 4) is 0 Å². The molecule has 5 heteroatoms. The van der Waals surface area contributed by atoms with Crippen molar-refractivity contribution in [1.29, 1.82) is 0 Å². The highest BCUT2D eigenvalue weighted by atomic mass is 16.3. The molecule has 3 heterocycles. The van der Waals surface area contributed by atoms with Crippen LogP contribution in [-0.4, -0.2) is 45.1 Å². The van der Waals surface area contributed by atoms with Gasteiger partial charge in [-0.3, -0.25) is 4.79 Å². The quantitative estimate of drug-likeness (QED) is 0.843. The van der Waals surface area contributed by atoms with Gasteiger partial charge in [0.15, 0.2) is 0 Å². The molecule has 1 amide bonds. The Hall–Kier alpha value is -1.88. The lowest BCUT2D eigenvalue weighted by Gasteiger charge is -2.15. The first-order valence-electron chi connectivity index (χ1n) is 6.52. The van der Waals surface area contributed by atoms with Gasteiger partial charge in [0.1, 0.15) is 5.65 Å². The number of rotatable bonds is 2. The number of fused-ring (bicyclic) bond motifs is 1. The third-order valence-corrected chi connectivity index (χ3v) is 3.80. The standard InChI is InChI=1S/C14H17N3O2/c1-9-7-17(8-12(9)18)13(19)5-10-6-16-14-11(10)3-2-4-15-14/h2-4,6,9,12,18H,5,7-8H2,1H3,(H,15,16)/t9-,12-/m1/s1. The van der Waals surface area contributed by atoms with Crippen LogP contribution >= 0.6 is 0 Å². The molecule has 2 aromatic rings. The fraction of sp³-hybridized carbons (Fsp3) is 0.429. The number of nitrogens with one attached hydrogen (secondary N) is 1. The fourth-order valence-electron chi connectivity index (χ4n) is 2.59. The van der Waals surface area contributed by atoms with Gasteiger partial charge in [0.05, 0.1) is 12.5 Å². The number of hydrogen-bond donors (Lipinski definition) is 2. The van der Waals surface area contributed by atoms with Crippen molar-refractivity contribution in [2.45, 2.75) is 19.4 Å². The highest BCUT2D eigenvalue weighted by Crippen LogP contribution is 2.20. The molecule has 1 aliphatic rings. The van der Waals surface area contributed by atoms with E-state index >= 15 is 0 Å². The van der Waals surface area contributed by atoms with E-state index in [4.69, 9.17) is 0 Å². The maximum atomic E-state index is 12.2. The highest BCUT2D eigenvalue weighted by molar-refractivity contribution is 5.87. The van der Waals surface area contributed by atoms with E-state index in [-0.39, 0.29) is 11.8 Å². The molecule has 0 aliphatic carbocycles. The van der Waals surface area contributed by atoms with E-state index in [1.165, 1.54) is 0 Å². The summed E-state index contributed by atoms with van der Waals surface area (Å²) in [5.74, 6) is 0.224. The largest absolute Gasteiger partial charge is 0.391 e. The second kappa shape index (κ2) is 4.66. The van der Waals surface area contributed by atoms with E-state index in [9.17, 15) is 9.90 Å². The predicted molar refractivity (Wildman–Crippen MR) is 71.5 cm³/mol. The molecule has 0 aromatic carbocycles. The minimum atomic E-state index is -0.395. The Morgan fingerprint density at radius 2 is 2.42 bits per heavy atom. The molecular formula is C14H17N3O2. The molecule has 2 aromatic heterocycles. The molecule has 5 nitrogen and oxygen atoms in total. The van der Waals surface area contributed by atoms with E-state index in [0.29, 0.717) is 19.5 Å². The van der Waals surface area contributed by atoms with Gasteiger partial charge in [0.25, 0.3) is 0 Å². The molecule has 1 saturated heterocycles. The average molecular weight is 259 g/mol. The van der Waals surface area contributed by atoms with Crippen LogP contribution in [0.5, 0.6) is 0 Å². The van der Waals surface area contributed by atoms with Crippen LogP contribution in [0.3, 0.4) is 0 Å². The van der Waals surface area contributed by atoms with Crippen molar-refractivity contribution in [3.05, 3.63) is 30.1 Å². The van der Waals surface area contributed by atoms with Gasteiger partial charge >= 0.3 is 0 Å². The first-order chi connectivity index (χ1) is 9.15. The number of pyridine rings is 1. The van der Waals surface area contributed by atoms with Crippen molar-refractivity contribution in [2.75, 3.05) is 13.1 Å². The molecule has 0 unspecified atom stereocenters. The summed E-state index contributed by atoms with van der Waals surface area (Å²) in [5.41, 5.74) is 1.77. The highest BCUT2D eigenvalue weighted by Gasteiger charge is 2.30. The lowest BCUT2D eigenvalue weighted by molar-refractivity contribution is -0.129. The molecule has 0 saturated carbocycles. The molecule has 3 rings (SSSR count). The number of aromatic nitrogens is 2. The number of H-pyrrole nitrogens is 1. The third-order valence-electron chi connectivity index (χ3n) is 3.80. The van der Waals surface area contributed by atoms with Crippen LogP contribution in [0, 0.1) is 5.92 Å². The molecule has 0 spiro atoms. The average Bonchev–Trinajstić information content (AvgIpc) is 2.95. The van der Waals surface area contributed by atoms with Crippen molar-refractivity contribution in [2.24, 2.45) is 5.92 Å². The van der Waals surface area contributed by atoms with Crippen LogP contribution in [0.15, 0.2) is 24.5 Å². The summed E-state index contributed by atoms with van der Waals surface area (Å²) in [6, 6.07) is 3.83. The third kappa shape index (κ3) is 2.21. The molecular weight excluding hydrogens is 242 g/mol. The van der Waals surface area contributed by atoms with E-state index in [1.54, 1.807) is 11.1 Å². The van der Waals surface area contributed by atoms with Gasteiger partial charge in [-0.15, -0.1) is 0 Å². The van der Waals surface area contributed by atoms with Crippen molar-refractivity contribution < 1.29 is 9.90 Å². The van der Waals surface area contributed by atoms with Gasteiger partial charge in [-0.1, -0.05) is 6.92 Å². The zero-order valence-corrected chi connectivity index (χ0v) is 10.8. The summed E-state index contributed by atoms with van der Waals surface area (Å²) >= 11 is 0. The van der Waals surface area contributed by atoms with Gasteiger partial charge in [0, 0.05) is 36.8 Å². The molecule has 19 heavy (non-hydrogen) atoms. The molecule has 0 radical (unpaired) electrons. The zero-order valence-electron chi connectivity index (χ0n) is 10.8. The number of aliphatic hydroxyl groups is 1. The number of amides is 1. The summed E-state index contributed by atoms with van der Waals surface area (Å²) in [5, 5.41) is 10.7. The molecule has 1 fully saturated rings. The van der Waals surface area contributed by atoms with Crippen molar-refractivity contribution >= 4 is 16.9 Å². The number of carbonyl (C=O) groups excluding carboxylic acids is 1. The smallest absolute Gasteiger partial charge is 0.227 e. The summed E-state index contributed by atoms with van der Waals surface area (Å²) in [7, 11) is 0. The predicted octanol–water partition coefficient (Wildman–Crippen LogP) is 0.945. The topological polar surface area (TPSA) is 69.2 Å². The second-order valence-corrected chi connectivity index (χ2v) is 5.23. The van der Waals surface area contributed by atoms with Gasteiger partial charge in [-0.2, -0.15) is 0 Å². The summed E-state index contributed by atoms with van der Waals surface area (Å²) < 4.78 is 0. The van der Waals surface area contributed by atoms with Crippen LogP contribution in [0.25, 0.3) is 11.0 Å². The van der Waals surface area contributed by atoms with Gasteiger partial charge in [0.2, 0.25) is 5.91 Å². The summed E-state index contributed by atoms with van der Waals surface area (Å²) in [6.45, 7) is 3.05. The number of hydrogen-bond acceptors (Lipinski definition) is 3. The number of β-amino-alcohol motifs (C(OH)–C–C–N with tert-alkyl or cyclic N) is 1. The number of likely N-dealkylation sites (tertiary alicyclic amines) is 1. The minimum Gasteiger partial charge on any atom is -0.391 e. The Bertz CT molecular complexity index is 598. The Morgan fingerprint density at radius 1 is 1.58 bits per heavy atom. The Morgan fingerprint density at radius 3 is 3.16 bits per heavy atom. The van der Waals surface area contributed by atoms with Crippen LogP contribution in [-0.2, 0) is 11.2 Å². The number of aromatic amines is 1. The number of aliphatic hydroxyl groups excluding tert-OH is 1. The lowest BCUT2D eigenvalue weighted by Crippen LogP contribution is -2.30. The Labute approximate surface area is 111 Å². The molecule has 2 atom stereocenters. The van der Waals surface area contributed by atoms with Gasteiger partial charge < -0.3 is 15.0 Å². The maximum Gasteiger partial charge on any atom is 0.227 e. The van der Waals surface area contributed by atoms with Crippen molar-refractivity contribution in [3.63, 3.8) is 0 Å². The Balaban J connectivity index is 1.76. The SMILES string of the molecule is C[C@@H]1CN(C(=O)Cc2c[nH]c3ncccc23)C[C@H]1O. The molecule has 1 aliphatic heterocycles. The van der Waals surface area contributed by atoms with Crippen LogP contribution in [0.2, 0.25) is 0 Å². The van der Waals surface area contributed by atoms with E-state index in [0.717, 1.165) is 16.6 Å². The number of nitrogens with zero attached hydrogens (tertiary/aromatic N) is 2. The lowest BCUT2D eigenvalue weighted by atomic mass is 10.1. The first-order valence-corrected chi connectivity index (χ1v) is 6.52. The molecule has 100 valence electrons. The van der Waals surface area contributed by atoms with E-state index < -0.39 is 6.10 Å². The maximum absolute atomic E-state index is 12.2. The minimum absolute atomic E-state index is 0.0631. The zero-order chi connectivity index (χ0) is 13.4. The Kier molecular flexibility index (Phi) is 2.98. The van der Waals surface area contributed by atoms with Crippen LogP contribution < -0.4 is 0 Å². The fourth-order valence-corrected chi connectivity index (χ4v) is 2.59. The molecule has 0 bridgehead atoms. The number of carbonyl (C=O) groups is 1. The van der Waals surface area contributed by atoms with Crippen LogP contribution in [0.1, 0.15) is 12.5 Å². The molecule has 2 N–H and O–H groups in total. The van der Waals surface area contributed by atoms with Gasteiger partial charge in [-0.25, -0.2) is 4.98 Å². The van der Waals surface area contributed by atoms with Crippen molar-refractivity contribution in [1.82, 2.24) is 14.9 Å². The monoisotopic (exact) mass is 259 g/mol. The second-order valence-electron chi connectivity index (χ2n) is 5.23. The summed E-state index contributed by atoms with van der Waals surface area (Å²) in [6.07, 6.45) is 3.52. The van der Waals surface area contributed by atoms with E-state index in [1.807, 2.05) is 25.3 Å². The normalized spacial score (nSPS) is 23.2. The van der Waals surface area contributed by atoms with Gasteiger partial charge in [-0.05, 0) is 17.7 Å².